The van der Waals surface area contributed by atoms with Gasteiger partial charge < -0.3 is 14.2 Å². The van der Waals surface area contributed by atoms with E-state index in [1.54, 1.807) is 0 Å². The molecule has 0 aromatic rings. The van der Waals surface area contributed by atoms with E-state index < -0.39 is 6.10 Å². The molecule has 0 saturated carbocycles. The highest BCUT2D eigenvalue weighted by atomic mass is 16.6. The van der Waals surface area contributed by atoms with Crippen molar-refractivity contribution in [3.8, 4) is 0 Å². The molecular weight excluding hydrogens is 673 g/mol. The third kappa shape index (κ3) is 40.3. The summed E-state index contributed by atoms with van der Waals surface area (Å²) in [7, 11) is 0. The Morgan fingerprint density at radius 2 is 0.704 bits per heavy atom. The van der Waals surface area contributed by atoms with Crippen molar-refractivity contribution in [2.24, 2.45) is 0 Å². The average Bonchev–Trinajstić information content (AvgIpc) is 3.17. The molecule has 0 radical (unpaired) electrons. The Balaban J connectivity index is 4.39. The van der Waals surface area contributed by atoms with Gasteiger partial charge in [0.2, 0.25) is 0 Å². The first-order valence-corrected chi connectivity index (χ1v) is 22.3. The minimum absolute atomic E-state index is 0.105. The zero-order chi connectivity index (χ0) is 39.4. The molecule has 0 heterocycles. The molecule has 1 unspecified atom stereocenters. The van der Waals surface area contributed by atoms with Crippen LogP contribution in [0.5, 0.6) is 0 Å². The molecule has 0 aromatic heterocycles. The molecule has 6 heteroatoms. The van der Waals surface area contributed by atoms with Gasteiger partial charge in [-0.2, -0.15) is 0 Å². The van der Waals surface area contributed by atoms with E-state index in [0.29, 0.717) is 25.7 Å². The smallest absolute Gasteiger partial charge is 0.306 e. The minimum Gasteiger partial charge on any atom is -0.462 e. The van der Waals surface area contributed by atoms with Crippen LogP contribution in [-0.4, -0.2) is 37.2 Å². The largest absolute Gasteiger partial charge is 0.462 e. The standard InChI is InChI=1S/C48H82O6/c1-4-7-10-13-16-19-20-21-22-23-24-25-26-27-30-32-35-38-41-47(50)53-44-45(54-48(51)42-39-36-33-29-18-15-12-9-6-3)43-52-46(49)40-37-34-31-28-17-14-11-8-5-2/h20-25,28-29,31,33,45H,4-19,26-27,30,32,34-44H2,1-3H3/b21-20-,23-22-,25-24-,31-28-,33-29-. The van der Waals surface area contributed by atoms with Gasteiger partial charge in [0.05, 0.1) is 0 Å². The molecule has 0 aromatic carbocycles. The summed E-state index contributed by atoms with van der Waals surface area (Å²) < 4.78 is 16.6. The summed E-state index contributed by atoms with van der Waals surface area (Å²) in [6.07, 6.45) is 50.8. The first kappa shape index (κ1) is 51.1. The van der Waals surface area contributed by atoms with E-state index in [1.165, 1.54) is 83.5 Å². The Kier molecular flexibility index (Phi) is 40.6. The highest BCUT2D eigenvalue weighted by Gasteiger charge is 2.19. The van der Waals surface area contributed by atoms with Crippen molar-refractivity contribution < 1.29 is 28.6 Å². The maximum absolute atomic E-state index is 12.6. The van der Waals surface area contributed by atoms with Gasteiger partial charge in [0.1, 0.15) is 13.2 Å². The van der Waals surface area contributed by atoms with Crippen LogP contribution in [0, 0.1) is 0 Å². The maximum atomic E-state index is 12.6. The summed E-state index contributed by atoms with van der Waals surface area (Å²) >= 11 is 0. The summed E-state index contributed by atoms with van der Waals surface area (Å²) in [6, 6.07) is 0. The lowest BCUT2D eigenvalue weighted by Crippen LogP contribution is -2.30. The van der Waals surface area contributed by atoms with Crippen LogP contribution in [0.1, 0.15) is 207 Å². The van der Waals surface area contributed by atoms with Crippen molar-refractivity contribution in [3.63, 3.8) is 0 Å². The quantitative estimate of drug-likeness (QED) is 0.0204. The van der Waals surface area contributed by atoms with E-state index in [-0.39, 0.29) is 37.5 Å². The van der Waals surface area contributed by atoms with Gasteiger partial charge in [0.25, 0.3) is 0 Å². The number of rotatable bonds is 39. The predicted molar refractivity (Wildman–Crippen MR) is 228 cm³/mol. The van der Waals surface area contributed by atoms with Gasteiger partial charge in [-0.15, -0.1) is 0 Å². The molecule has 6 nitrogen and oxygen atoms in total. The summed E-state index contributed by atoms with van der Waals surface area (Å²) in [6.45, 7) is 6.46. The van der Waals surface area contributed by atoms with E-state index in [9.17, 15) is 14.4 Å². The van der Waals surface area contributed by atoms with Gasteiger partial charge in [-0.25, -0.2) is 0 Å². The van der Waals surface area contributed by atoms with Crippen LogP contribution in [0.2, 0.25) is 0 Å². The molecule has 0 rings (SSSR count). The normalized spacial score (nSPS) is 12.6. The van der Waals surface area contributed by atoms with Crippen molar-refractivity contribution in [3.05, 3.63) is 60.8 Å². The third-order valence-electron chi connectivity index (χ3n) is 9.28. The highest BCUT2D eigenvalue weighted by molar-refractivity contribution is 5.71. The van der Waals surface area contributed by atoms with Crippen LogP contribution in [0.25, 0.3) is 0 Å². The topological polar surface area (TPSA) is 78.9 Å². The monoisotopic (exact) mass is 755 g/mol. The fourth-order valence-electron chi connectivity index (χ4n) is 5.86. The fourth-order valence-corrected chi connectivity index (χ4v) is 5.86. The number of hydrogen-bond donors (Lipinski definition) is 0. The summed E-state index contributed by atoms with van der Waals surface area (Å²) in [5.74, 6) is -1.00. The van der Waals surface area contributed by atoms with Crippen molar-refractivity contribution in [1.82, 2.24) is 0 Å². The van der Waals surface area contributed by atoms with Gasteiger partial charge in [-0.05, 0) is 83.5 Å². The Hall–Kier alpha value is -2.89. The Morgan fingerprint density at radius 3 is 1.17 bits per heavy atom. The van der Waals surface area contributed by atoms with Crippen LogP contribution >= 0.6 is 0 Å². The molecule has 0 aliphatic carbocycles. The Bertz CT molecular complexity index is 1010. The molecule has 54 heavy (non-hydrogen) atoms. The lowest BCUT2D eigenvalue weighted by atomic mass is 10.1. The first-order chi connectivity index (χ1) is 26.5. The van der Waals surface area contributed by atoms with E-state index in [2.05, 4.69) is 81.5 Å². The number of carbonyl (C=O) groups is 3. The van der Waals surface area contributed by atoms with Crippen LogP contribution < -0.4 is 0 Å². The molecule has 310 valence electrons. The Labute approximate surface area is 332 Å². The van der Waals surface area contributed by atoms with Gasteiger partial charge >= 0.3 is 17.9 Å². The molecule has 0 N–H and O–H groups in total. The second kappa shape index (κ2) is 42.8. The predicted octanol–water partition coefficient (Wildman–Crippen LogP) is 14.1. The minimum atomic E-state index is -0.804. The first-order valence-electron chi connectivity index (χ1n) is 22.3. The molecule has 0 saturated heterocycles. The van der Waals surface area contributed by atoms with Gasteiger partial charge in [-0.3, -0.25) is 14.4 Å². The highest BCUT2D eigenvalue weighted by Crippen LogP contribution is 2.11. The zero-order valence-electron chi connectivity index (χ0n) is 35.2. The number of allylic oxidation sites excluding steroid dienone is 10. The van der Waals surface area contributed by atoms with Crippen LogP contribution in [0.4, 0.5) is 0 Å². The summed E-state index contributed by atoms with van der Waals surface area (Å²) in [5, 5.41) is 0. The van der Waals surface area contributed by atoms with Gasteiger partial charge in [0, 0.05) is 19.3 Å². The SMILES string of the molecule is CCCCCC/C=C\CCCC(=O)OCC(COC(=O)CCCCCCC\C=C/C=C\C=C/CCCCCCC)OC(=O)CCC/C=C\CCCCCC. The number of hydrogen-bond acceptors (Lipinski definition) is 6. The molecule has 0 bridgehead atoms. The molecule has 0 aliphatic heterocycles. The zero-order valence-corrected chi connectivity index (χ0v) is 35.2. The summed E-state index contributed by atoms with van der Waals surface area (Å²) in [5.41, 5.74) is 0. The summed E-state index contributed by atoms with van der Waals surface area (Å²) in [4.78, 5) is 37.5. The number of esters is 3. The number of carbonyl (C=O) groups excluding carboxylic acids is 3. The second-order valence-electron chi connectivity index (χ2n) is 14.7. The van der Waals surface area contributed by atoms with Crippen molar-refractivity contribution in [1.29, 1.82) is 0 Å². The lowest BCUT2D eigenvalue weighted by Gasteiger charge is -2.18. The van der Waals surface area contributed by atoms with Crippen LogP contribution in [0.3, 0.4) is 0 Å². The van der Waals surface area contributed by atoms with E-state index in [4.69, 9.17) is 14.2 Å². The van der Waals surface area contributed by atoms with Crippen molar-refractivity contribution >= 4 is 17.9 Å². The van der Waals surface area contributed by atoms with Crippen LogP contribution in [0.15, 0.2) is 60.8 Å². The van der Waals surface area contributed by atoms with Gasteiger partial charge in [0.15, 0.2) is 6.10 Å². The molecule has 0 amide bonds. The molecule has 0 fully saturated rings. The average molecular weight is 755 g/mol. The fraction of sp³-hybridized carbons (Fsp3) is 0.729. The lowest BCUT2D eigenvalue weighted by molar-refractivity contribution is -0.167. The van der Waals surface area contributed by atoms with Gasteiger partial charge in [-0.1, -0.05) is 165 Å². The van der Waals surface area contributed by atoms with Crippen molar-refractivity contribution in [2.45, 2.75) is 213 Å². The molecule has 0 aliphatic rings. The molecule has 0 spiro atoms. The Morgan fingerprint density at radius 1 is 0.370 bits per heavy atom. The number of ether oxygens (including phenoxy) is 3. The maximum Gasteiger partial charge on any atom is 0.306 e. The van der Waals surface area contributed by atoms with Crippen molar-refractivity contribution in [2.75, 3.05) is 13.2 Å². The van der Waals surface area contributed by atoms with Crippen LogP contribution in [-0.2, 0) is 28.6 Å². The third-order valence-corrected chi connectivity index (χ3v) is 9.28. The van der Waals surface area contributed by atoms with E-state index >= 15 is 0 Å². The molecular formula is C48H82O6. The number of unbranched alkanes of at least 4 members (excludes halogenated alkanes) is 20. The van der Waals surface area contributed by atoms with E-state index in [1.807, 2.05) is 0 Å². The van der Waals surface area contributed by atoms with E-state index in [0.717, 1.165) is 70.6 Å². The molecule has 1 atom stereocenters. The second-order valence-corrected chi connectivity index (χ2v) is 14.7.